The molecule has 0 aliphatic heterocycles. The van der Waals surface area contributed by atoms with Gasteiger partial charge in [-0.25, -0.2) is 0 Å². The number of likely N-dealkylation sites (N-methyl/N-ethyl adjacent to an activating group) is 1. The van der Waals surface area contributed by atoms with Gasteiger partial charge in [0.25, 0.3) is 5.91 Å². The molecular formula is C20H26Cl2N3O2+. The summed E-state index contributed by atoms with van der Waals surface area (Å²) in [4.78, 5) is 15.5. The number of ether oxygens (including phenoxy) is 1. The number of hydrogen-bond acceptors (Lipinski definition) is 3. The smallest absolute Gasteiger partial charge is 0.258 e. The predicted octanol–water partition coefficient (Wildman–Crippen LogP) is 2.44. The van der Waals surface area contributed by atoms with E-state index in [4.69, 9.17) is 27.9 Å². The summed E-state index contributed by atoms with van der Waals surface area (Å²) >= 11 is 11.9. The Balaban J connectivity index is 1.92. The fourth-order valence-corrected chi connectivity index (χ4v) is 3.13. The van der Waals surface area contributed by atoms with E-state index in [0.29, 0.717) is 22.3 Å². The molecule has 0 spiro atoms. The van der Waals surface area contributed by atoms with E-state index in [1.165, 1.54) is 10.5 Å². The van der Waals surface area contributed by atoms with Crippen LogP contribution in [0.25, 0.3) is 0 Å². The molecule has 1 amide bonds. The molecule has 7 heteroatoms. The number of rotatable bonds is 8. The van der Waals surface area contributed by atoms with Crippen molar-refractivity contribution >= 4 is 34.8 Å². The van der Waals surface area contributed by atoms with E-state index >= 15 is 0 Å². The Morgan fingerprint density at radius 1 is 1.15 bits per heavy atom. The zero-order valence-corrected chi connectivity index (χ0v) is 17.6. The Kier molecular flexibility index (Phi) is 7.78. The molecule has 0 saturated carbocycles. The first-order valence-corrected chi connectivity index (χ1v) is 9.45. The molecular weight excluding hydrogens is 385 g/mol. The molecule has 0 heterocycles. The largest absolute Gasteiger partial charge is 0.482 e. The number of anilines is 1. The first-order chi connectivity index (χ1) is 12.8. The standard InChI is InChI=1S/C20H25Cl2N3O2/c1-24(2)16-8-5-14(6-9-16)18(25(3)4)12-23-20(26)13-27-19-10-7-15(21)11-17(19)22/h5-11,18H,12-13H2,1-4H3,(H,23,26)/p+1/t18-/m1/s1. The summed E-state index contributed by atoms with van der Waals surface area (Å²) < 4.78 is 5.48. The van der Waals surface area contributed by atoms with Gasteiger partial charge in [0.1, 0.15) is 11.8 Å². The van der Waals surface area contributed by atoms with E-state index in [1.54, 1.807) is 18.2 Å². The zero-order chi connectivity index (χ0) is 20.0. The molecule has 1 atom stereocenters. The van der Waals surface area contributed by atoms with Gasteiger partial charge in [-0.3, -0.25) is 4.79 Å². The lowest BCUT2D eigenvalue weighted by Gasteiger charge is -2.23. The third kappa shape index (κ3) is 6.31. The number of hydrogen-bond donors (Lipinski definition) is 2. The van der Waals surface area contributed by atoms with Crippen LogP contribution in [0.2, 0.25) is 10.0 Å². The Morgan fingerprint density at radius 3 is 2.37 bits per heavy atom. The van der Waals surface area contributed by atoms with E-state index in [0.717, 1.165) is 5.69 Å². The van der Waals surface area contributed by atoms with Crippen molar-refractivity contribution in [2.75, 3.05) is 46.2 Å². The van der Waals surface area contributed by atoms with Crippen LogP contribution in [-0.2, 0) is 4.79 Å². The van der Waals surface area contributed by atoms with Crippen LogP contribution in [-0.4, -0.2) is 47.2 Å². The third-order valence-electron chi connectivity index (χ3n) is 4.26. The summed E-state index contributed by atoms with van der Waals surface area (Å²) in [5.41, 5.74) is 2.31. The van der Waals surface area contributed by atoms with Gasteiger partial charge in [0.2, 0.25) is 0 Å². The maximum absolute atomic E-state index is 12.2. The van der Waals surface area contributed by atoms with Gasteiger partial charge in [-0.05, 0) is 30.3 Å². The highest BCUT2D eigenvalue weighted by Gasteiger charge is 2.19. The molecule has 0 saturated heterocycles. The minimum absolute atomic E-state index is 0.101. The first kappa shape index (κ1) is 21.4. The second-order valence-corrected chi connectivity index (χ2v) is 7.63. The lowest BCUT2D eigenvalue weighted by atomic mass is 10.1. The topological polar surface area (TPSA) is 46.0 Å². The van der Waals surface area contributed by atoms with E-state index in [-0.39, 0.29) is 18.6 Å². The van der Waals surface area contributed by atoms with Gasteiger partial charge in [0.05, 0.1) is 25.7 Å². The van der Waals surface area contributed by atoms with Gasteiger partial charge in [0.15, 0.2) is 6.61 Å². The number of halogens is 2. The molecule has 0 aliphatic carbocycles. The van der Waals surface area contributed by atoms with Crippen LogP contribution in [0.1, 0.15) is 11.6 Å². The lowest BCUT2D eigenvalue weighted by Crippen LogP contribution is -3.07. The van der Waals surface area contributed by atoms with Crippen LogP contribution in [0.5, 0.6) is 5.75 Å². The molecule has 27 heavy (non-hydrogen) atoms. The van der Waals surface area contributed by atoms with Crippen molar-refractivity contribution in [1.82, 2.24) is 5.32 Å². The van der Waals surface area contributed by atoms with Crippen molar-refractivity contribution in [1.29, 1.82) is 0 Å². The van der Waals surface area contributed by atoms with Crippen LogP contribution >= 0.6 is 23.2 Å². The van der Waals surface area contributed by atoms with Crippen LogP contribution in [0.3, 0.4) is 0 Å². The van der Waals surface area contributed by atoms with Crippen LogP contribution in [0.15, 0.2) is 42.5 Å². The monoisotopic (exact) mass is 410 g/mol. The highest BCUT2D eigenvalue weighted by molar-refractivity contribution is 6.35. The quantitative estimate of drug-likeness (QED) is 0.702. The molecule has 5 nitrogen and oxygen atoms in total. The maximum Gasteiger partial charge on any atom is 0.258 e. The van der Waals surface area contributed by atoms with Gasteiger partial charge in [-0.15, -0.1) is 0 Å². The molecule has 2 aromatic rings. The second-order valence-electron chi connectivity index (χ2n) is 6.78. The molecule has 0 unspecified atom stereocenters. The minimum atomic E-state index is -0.197. The van der Waals surface area contributed by atoms with Gasteiger partial charge in [-0.1, -0.05) is 35.3 Å². The van der Waals surface area contributed by atoms with Crippen LogP contribution in [0, 0.1) is 0 Å². The SMILES string of the molecule is CN(C)c1ccc([C@@H](CNC(=O)COc2ccc(Cl)cc2Cl)[NH+](C)C)cc1. The van der Waals surface area contributed by atoms with Crippen molar-refractivity contribution in [3.63, 3.8) is 0 Å². The predicted molar refractivity (Wildman–Crippen MR) is 111 cm³/mol. The normalized spacial score (nSPS) is 12.0. The number of carbonyl (C=O) groups excluding carboxylic acids is 1. The van der Waals surface area contributed by atoms with Crippen LogP contribution in [0.4, 0.5) is 5.69 Å². The Morgan fingerprint density at radius 2 is 1.81 bits per heavy atom. The first-order valence-electron chi connectivity index (χ1n) is 8.70. The average molecular weight is 411 g/mol. The average Bonchev–Trinajstić information content (AvgIpc) is 2.61. The number of amides is 1. The molecule has 2 aromatic carbocycles. The van der Waals surface area contributed by atoms with Gasteiger partial charge >= 0.3 is 0 Å². The number of nitrogens with zero attached hydrogens (tertiary/aromatic N) is 1. The molecule has 2 N–H and O–H groups in total. The van der Waals surface area contributed by atoms with Gasteiger partial charge in [0, 0.05) is 30.4 Å². The molecule has 0 aromatic heterocycles. The fraction of sp³-hybridized carbons (Fsp3) is 0.350. The third-order valence-corrected chi connectivity index (χ3v) is 4.80. The number of benzene rings is 2. The summed E-state index contributed by atoms with van der Waals surface area (Å²) in [7, 11) is 8.16. The molecule has 0 fully saturated rings. The summed E-state index contributed by atoms with van der Waals surface area (Å²) in [6.07, 6.45) is 0. The second kappa shape index (κ2) is 9.83. The summed E-state index contributed by atoms with van der Waals surface area (Å²) in [6, 6.07) is 13.4. The lowest BCUT2D eigenvalue weighted by molar-refractivity contribution is -0.890. The molecule has 0 bridgehead atoms. The fourth-order valence-electron chi connectivity index (χ4n) is 2.66. The number of carbonyl (C=O) groups is 1. The highest BCUT2D eigenvalue weighted by Crippen LogP contribution is 2.27. The van der Waals surface area contributed by atoms with Gasteiger partial charge in [-0.2, -0.15) is 0 Å². The maximum atomic E-state index is 12.2. The Hall–Kier alpha value is -1.95. The van der Waals surface area contributed by atoms with E-state index in [1.807, 2.05) is 14.1 Å². The number of quaternary nitrogens is 1. The Bertz CT molecular complexity index is 764. The molecule has 0 aliphatic rings. The van der Waals surface area contributed by atoms with Crippen LogP contribution < -0.4 is 19.9 Å². The summed E-state index contributed by atoms with van der Waals surface area (Å²) in [6.45, 7) is 0.413. The summed E-state index contributed by atoms with van der Waals surface area (Å²) in [5.74, 6) is 0.238. The minimum Gasteiger partial charge on any atom is -0.482 e. The molecule has 0 radical (unpaired) electrons. The summed E-state index contributed by atoms with van der Waals surface area (Å²) in [5, 5.41) is 3.84. The van der Waals surface area contributed by atoms with Crippen molar-refractivity contribution < 1.29 is 14.4 Å². The highest BCUT2D eigenvalue weighted by atomic mass is 35.5. The molecule has 146 valence electrons. The molecule has 2 rings (SSSR count). The van der Waals surface area contributed by atoms with Crippen molar-refractivity contribution in [2.45, 2.75) is 6.04 Å². The Labute approximate surface area is 170 Å². The van der Waals surface area contributed by atoms with E-state index in [9.17, 15) is 4.79 Å². The van der Waals surface area contributed by atoms with Crippen molar-refractivity contribution in [3.8, 4) is 5.75 Å². The van der Waals surface area contributed by atoms with Crippen molar-refractivity contribution in [3.05, 3.63) is 58.1 Å². The number of nitrogens with one attached hydrogen (secondary N) is 2. The van der Waals surface area contributed by atoms with Gasteiger partial charge < -0.3 is 19.9 Å². The van der Waals surface area contributed by atoms with Crippen molar-refractivity contribution in [2.24, 2.45) is 0 Å². The van der Waals surface area contributed by atoms with E-state index < -0.39 is 0 Å². The zero-order valence-electron chi connectivity index (χ0n) is 16.1. The van der Waals surface area contributed by atoms with E-state index in [2.05, 4.69) is 48.6 Å².